The fourth-order valence-electron chi connectivity index (χ4n) is 2.01. The van der Waals surface area contributed by atoms with Crippen LogP contribution in [0.15, 0.2) is 24.3 Å². The highest BCUT2D eigenvalue weighted by Crippen LogP contribution is 2.12. The normalized spacial score (nSPS) is 12.5. The first-order valence-corrected chi connectivity index (χ1v) is 8.02. The van der Waals surface area contributed by atoms with Gasteiger partial charge in [0.1, 0.15) is 17.4 Å². The summed E-state index contributed by atoms with van der Waals surface area (Å²) in [5.74, 6) is 0.455. The largest absolute Gasteiger partial charge is 0.497 e. The molecule has 0 fully saturated rings. The number of alkyl carbamates (subject to hydrolysis) is 1. The highest BCUT2D eigenvalue weighted by atomic mass is 16.6. The standard InChI is InChI=1S/C18H28N2O4/c1-12(2)15(20-17(22)24-18(3,4)5)16(21)19-11-13-7-9-14(23-6)10-8-13/h7-10,12,15H,11H2,1-6H3,(H,19,21)(H,20,22). The lowest BCUT2D eigenvalue weighted by molar-refractivity contribution is -0.124. The van der Waals surface area contributed by atoms with Crippen LogP contribution in [0.1, 0.15) is 40.2 Å². The van der Waals surface area contributed by atoms with Crippen LogP contribution in [0.5, 0.6) is 5.75 Å². The van der Waals surface area contributed by atoms with Gasteiger partial charge in [0.05, 0.1) is 7.11 Å². The van der Waals surface area contributed by atoms with E-state index in [2.05, 4.69) is 10.6 Å². The van der Waals surface area contributed by atoms with Crippen LogP contribution in [-0.4, -0.2) is 30.8 Å². The molecule has 0 bridgehead atoms. The monoisotopic (exact) mass is 336 g/mol. The third kappa shape index (κ3) is 6.89. The molecule has 2 amide bonds. The number of amides is 2. The molecule has 0 saturated heterocycles. The van der Waals surface area contributed by atoms with Gasteiger partial charge in [-0.05, 0) is 44.4 Å². The van der Waals surface area contributed by atoms with Gasteiger partial charge in [-0.1, -0.05) is 26.0 Å². The highest BCUT2D eigenvalue weighted by molar-refractivity contribution is 5.85. The van der Waals surface area contributed by atoms with Gasteiger partial charge in [0.2, 0.25) is 5.91 Å². The molecule has 6 heteroatoms. The van der Waals surface area contributed by atoms with E-state index in [1.165, 1.54) is 0 Å². The van der Waals surface area contributed by atoms with E-state index < -0.39 is 17.7 Å². The van der Waals surface area contributed by atoms with Crippen molar-refractivity contribution in [1.29, 1.82) is 0 Å². The Morgan fingerprint density at radius 3 is 2.17 bits per heavy atom. The van der Waals surface area contributed by atoms with Crippen LogP contribution >= 0.6 is 0 Å². The van der Waals surface area contributed by atoms with Crippen LogP contribution in [-0.2, 0) is 16.1 Å². The van der Waals surface area contributed by atoms with Crippen molar-refractivity contribution in [2.75, 3.05) is 7.11 Å². The number of carbonyl (C=O) groups excluding carboxylic acids is 2. The minimum atomic E-state index is -0.655. The van der Waals surface area contributed by atoms with Crippen LogP contribution in [0.2, 0.25) is 0 Å². The van der Waals surface area contributed by atoms with E-state index in [4.69, 9.17) is 9.47 Å². The van der Waals surface area contributed by atoms with Crippen LogP contribution in [0.25, 0.3) is 0 Å². The van der Waals surface area contributed by atoms with Crippen molar-refractivity contribution in [3.63, 3.8) is 0 Å². The van der Waals surface area contributed by atoms with E-state index in [0.717, 1.165) is 11.3 Å². The Bertz CT molecular complexity index is 547. The first kappa shape index (κ1) is 19.8. The number of nitrogens with one attached hydrogen (secondary N) is 2. The number of carbonyl (C=O) groups is 2. The summed E-state index contributed by atoms with van der Waals surface area (Å²) in [6.07, 6.45) is -0.596. The van der Waals surface area contributed by atoms with Crippen molar-refractivity contribution in [2.24, 2.45) is 5.92 Å². The highest BCUT2D eigenvalue weighted by Gasteiger charge is 2.26. The van der Waals surface area contributed by atoms with Crippen molar-refractivity contribution >= 4 is 12.0 Å². The molecule has 1 rings (SSSR count). The Balaban J connectivity index is 2.61. The Labute approximate surface area is 143 Å². The maximum atomic E-state index is 12.4. The summed E-state index contributed by atoms with van der Waals surface area (Å²) in [6, 6.07) is 6.77. The Morgan fingerprint density at radius 2 is 1.71 bits per heavy atom. The minimum absolute atomic E-state index is 0.0617. The van der Waals surface area contributed by atoms with Crippen molar-refractivity contribution in [2.45, 2.75) is 52.8 Å². The Hall–Kier alpha value is -2.24. The lowest BCUT2D eigenvalue weighted by Crippen LogP contribution is -2.50. The molecule has 134 valence electrons. The third-order valence-electron chi connectivity index (χ3n) is 3.25. The lowest BCUT2D eigenvalue weighted by atomic mass is 10.0. The summed E-state index contributed by atoms with van der Waals surface area (Å²) >= 11 is 0. The van der Waals surface area contributed by atoms with Gasteiger partial charge in [0, 0.05) is 6.54 Å². The Morgan fingerprint density at radius 1 is 1.12 bits per heavy atom. The summed E-state index contributed by atoms with van der Waals surface area (Å²) in [4.78, 5) is 24.3. The number of ether oxygens (including phenoxy) is 2. The molecule has 1 aromatic rings. The van der Waals surface area contributed by atoms with E-state index in [0.29, 0.717) is 6.54 Å². The van der Waals surface area contributed by atoms with Crippen LogP contribution < -0.4 is 15.4 Å². The minimum Gasteiger partial charge on any atom is -0.497 e. The molecule has 0 radical (unpaired) electrons. The van der Waals surface area contributed by atoms with Crippen LogP contribution in [0.4, 0.5) is 4.79 Å². The fourth-order valence-corrected chi connectivity index (χ4v) is 2.01. The number of hydrogen-bond acceptors (Lipinski definition) is 4. The molecule has 2 N–H and O–H groups in total. The van der Waals surface area contributed by atoms with Crippen LogP contribution in [0.3, 0.4) is 0 Å². The molecule has 1 unspecified atom stereocenters. The molecule has 1 aromatic carbocycles. The van der Waals surface area contributed by atoms with E-state index in [1.54, 1.807) is 27.9 Å². The topological polar surface area (TPSA) is 76.7 Å². The summed E-state index contributed by atoms with van der Waals surface area (Å²) in [7, 11) is 1.60. The van der Waals surface area contributed by atoms with Gasteiger partial charge in [-0.25, -0.2) is 4.79 Å². The first-order chi connectivity index (χ1) is 11.1. The molecule has 0 aliphatic heterocycles. The molecule has 0 aliphatic carbocycles. The average Bonchev–Trinajstić information content (AvgIpc) is 2.48. The van der Waals surface area contributed by atoms with E-state index in [9.17, 15) is 9.59 Å². The second kappa shape index (κ2) is 8.57. The number of benzene rings is 1. The van der Waals surface area contributed by atoms with E-state index >= 15 is 0 Å². The molecule has 0 heterocycles. The molecule has 1 atom stereocenters. The predicted octanol–water partition coefficient (Wildman–Crippen LogP) is 2.86. The average molecular weight is 336 g/mol. The number of hydrogen-bond donors (Lipinski definition) is 2. The van der Waals surface area contributed by atoms with Crippen LogP contribution in [0, 0.1) is 5.92 Å². The van der Waals surface area contributed by atoms with Gasteiger partial charge in [0.25, 0.3) is 0 Å². The molecule has 0 saturated carbocycles. The van der Waals surface area contributed by atoms with Crippen molar-refractivity contribution in [3.8, 4) is 5.75 Å². The van der Waals surface area contributed by atoms with Crippen molar-refractivity contribution in [1.82, 2.24) is 10.6 Å². The third-order valence-corrected chi connectivity index (χ3v) is 3.25. The first-order valence-electron chi connectivity index (χ1n) is 8.02. The zero-order valence-electron chi connectivity index (χ0n) is 15.3. The smallest absolute Gasteiger partial charge is 0.408 e. The molecular formula is C18H28N2O4. The molecule has 0 aliphatic rings. The molecule has 0 spiro atoms. The van der Waals surface area contributed by atoms with Gasteiger partial charge in [0.15, 0.2) is 0 Å². The van der Waals surface area contributed by atoms with Gasteiger partial charge < -0.3 is 20.1 Å². The van der Waals surface area contributed by atoms with Crippen molar-refractivity contribution in [3.05, 3.63) is 29.8 Å². The number of rotatable bonds is 6. The summed E-state index contributed by atoms with van der Waals surface area (Å²) < 4.78 is 10.3. The molecular weight excluding hydrogens is 308 g/mol. The summed E-state index contributed by atoms with van der Waals surface area (Å²) in [5, 5.41) is 5.47. The predicted molar refractivity (Wildman–Crippen MR) is 92.8 cm³/mol. The SMILES string of the molecule is COc1ccc(CNC(=O)C(NC(=O)OC(C)(C)C)C(C)C)cc1. The maximum absolute atomic E-state index is 12.4. The zero-order valence-corrected chi connectivity index (χ0v) is 15.3. The number of methoxy groups -OCH3 is 1. The maximum Gasteiger partial charge on any atom is 0.408 e. The summed E-state index contributed by atoms with van der Waals surface area (Å²) in [5.41, 5.74) is 0.342. The Kier molecular flexibility index (Phi) is 7.07. The second-order valence-electron chi connectivity index (χ2n) is 6.93. The zero-order chi connectivity index (χ0) is 18.3. The van der Waals surface area contributed by atoms with Gasteiger partial charge in [-0.15, -0.1) is 0 Å². The van der Waals surface area contributed by atoms with Gasteiger partial charge >= 0.3 is 6.09 Å². The van der Waals surface area contributed by atoms with Gasteiger partial charge in [-0.2, -0.15) is 0 Å². The van der Waals surface area contributed by atoms with Crippen molar-refractivity contribution < 1.29 is 19.1 Å². The molecule has 0 aromatic heterocycles. The van der Waals surface area contributed by atoms with E-state index in [1.807, 2.05) is 38.1 Å². The molecule has 24 heavy (non-hydrogen) atoms. The lowest BCUT2D eigenvalue weighted by Gasteiger charge is -2.25. The molecule has 6 nitrogen and oxygen atoms in total. The second-order valence-corrected chi connectivity index (χ2v) is 6.93. The summed E-state index contributed by atoms with van der Waals surface area (Å²) in [6.45, 7) is 9.45. The van der Waals surface area contributed by atoms with E-state index in [-0.39, 0.29) is 11.8 Å². The fraction of sp³-hybridized carbons (Fsp3) is 0.556. The quantitative estimate of drug-likeness (QED) is 0.837. The van der Waals surface area contributed by atoms with Gasteiger partial charge in [-0.3, -0.25) is 4.79 Å².